The first-order valence-corrected chi connectivity index (χ1v) is 7.93. The molecule has 0 aliphatic heterocycles. The van der Waals surface area contributed by atoms with Crippen LogP contribution in [0.2, 0.25) is 0 Å². The number of halogens is 1. The van der Waals surface area contributed by atoms with Crippen LogP contribution in [-0.2, 0) is 0 Å². The molecule has 0 spiro atoms. The summed E-state index contributed by atoms with van der Waals surface area (Å²) in [5.74, 6) is 0.739. The molecule has 1 aromatic rings. The van der Waals surface area contributed by atoms with Gasteiger partial charge in [-0.2, -0.15) is 0 Å². The molecular weight excluding hydrogens is 251 g/mol. The van der Waals surface area contributed by atoms with E-state index in [2.05, 4.69) is 24.1 Å². The Bertz CT molecular complexity index is 400. The van der Waals surface area contributed by atoms with Gasteiger partial charge >= 0.3 is 0 Å². The van der Waals surface area contributed by atoms with Gasteiger partial charge in [-0.15, -0.1) is 0 Å². The van der Waals surface area contributed by atoms with E-state index in [-0.39, 0.29) is 5.82 Å². The van der Waals surface area contributed by atoms with Gasteiger partial charge < -0.3 is 10.2 Å². The van der Waals surface area contributed by atoms with E-state index in [9.17, 15) is 4.39 Å². The lowest BCUT2D eigenvalue weighted by atomic mass is 9.87. The average Bonchev–Trinajstić information content (AvgIpc) is 2.45. The minimum Gasteiger partial charge on any atom is -0.370 e. The van der Waals surface area contributed by atoms with Gasteiger partial charge in [0.1, 0.15) is 5.82 Å². The van der Waals surface area contributed by atoms with Crippen LogP contribution < -0.4 is 10.2 Å². The molecule has 2 rings (SSSR count). The molecule has 1 saturated carbocycles. The number of rotatable bonds is 6. The molecular formula is C17H27FN2. The van der Waals surface area contributed by atoms with Gasteiger partial charge in [0, 0.05) is 31.4 Å². The van der Waals surface area contributed by atoms with E-state index in [1.807, 2.05) is 6.07 Å². The molecule has 1 N–H and O–H groups in total. The SMILES string of the molecule is CCN(CCNC1CCC(C)CC1)c1cccc(F)c1. The molecule has 1 aliphatic carbocycles. The predicted octanol–water partition coefficient (Wildman–Crippen LogP) is 3.82. The Labute approximate surface area is 122 Å². The monoisotopic (exact) mass is 278 g/mol. The number of hydrogen-bond donors (Lipinski definition) is 1. The van der Waals surface area contributed by atoms with Crippen LogP contribution in [0, 0.1) is 11.7 Å². The lowest BCUT2D eigenvalue weighted by Gasteiger charge is -2.29. The first-order valence-electron chi connectivity index (χ1n) is 7.93. The molecule has 0 atom stereocenters. The minimum absolute atomic E-state index is 0.157. The lowest BCUT2D eigenvalue weighted by molar-refractivity contribution is 0.309. The molecule has 0 amide bonds. The summed E-state index contributed by atoms with van der Waals surface area (Å²) in [4.78, 5) is 2.22. The summed E-state index contributed by atoms with van der Waals surface area (Å²) >= 11 is 0. The number of likely N-dealkylation sites (N-methyl/N-ethyl adjacent to an activating group) is 1. The molecule has 0 aromatic heterocycles. The highest BCUT2D eigenvalue weighted by atomic mass is 19.1. The van der Waals surface area contributed by atoms with Crippen molar-refractivity contribution >= 4 is 5.69 Å². The van der Waals surface area contributed by atoms with Crippen molar-refractivity contribution in [2.45, 2.75) is 45.6 Å². The van der Waals surface area contributed by atoms with E-state index >= 15 is 0 Å². The van der Waals surface area contributed by atoms with Crippen molar-refractivity contribution in [2.24, 2.45) is 5.92 Å². The molecule has 2 nitrogen and oxygen atoms in total. The highest BCUT2D eigenvalue weighted by Gasteiger charge is 2.17. The number of anilines is 1. The highest BCUT2D eigenvalue weighted by molar-refractivity contribution is 5.46. The van der Waals surface area contributed by atoms with Crippen LogP contribution >= 0.6 is 0 Å². The fourth-order valence-corrected chi connectivity index (χ4v) is 3.01. The Balaban J connectivity index is 1.76. The predicted molar refractivity (Wildman–Crippen MR) is 83.7 cm³/mol. The maximum Gasteiger partial charge on any atom is 0.125 e. The summed E-state index contributed by atoms with van der Waals surface area (Å²) in [5, 5.41) is 3.66. The second-order valence-corrected chi connectivity index (χ2v) is 5.97. The summed E-state index contributed by atoms with van der Waals surface area (Å²) in [7, 11) is 0. The van der Waals surface area contributed by atoms with Crippen LogP contribution in [0.5, 0.6) is 0 Å². The Hall–Kier alpha value is -1.09. The van der Waals surface area contributed by atoms with Crippen molar-refractivity contribution in [1.29, 1.82) is 0 Å². The van der Waals surface area contributed by atoms with Crippen molar-refractivity contribution in [3.05, 3.63) is 30.1 Å². The zero-order chi connectivity index (χ0) is 14.4. The summed E-state index contributed by atoms with van der Waals surface area (Å²) in [6, 6.07) is 7.56. The quantitative estimate of drug-likeness (QED) is 0.851. The number of nitrogens with zero attached hydrogens (tertiary/aromatic N) is 1. The van der Waals surface area contributed by atoms with Gasteiger partial charge in [-0.3, -0.25) is 0 Å². The zero-order valence-electron chi connectivity index (χ0n) is 12.7. The summed E-state index contributed by atoms with van der Waals surface area (Å²) < 4.78 is 13.3. The number of hydrogen-bond acceptors (Lipinski definition) is 2. The Morgan fingerprint density at radius 1 is 1.25 bits per heavy atom. The average molecular weight is 278 g/mol. The van der Waals surface area contributed by atoms with Crippen molar-refractivity contribution < 1.29 is 4.39 Å². The molecule has 1 aliphatic rings. The second kappa shape index (κ2) is 7.63. The van der Waals surface area contributed by atoms with Crippen LogP contribution in [0.4, 0.5) is 10.1 Å². The van der Waals surface area contributed by atoms with Crippen molar-refractivity contribution in [3.8, 4) is 0 Å². The summed E-state index contributed by atoms with van der Waals surface area (Å²) in [6.45, 7) is 7.29. The zero-order valence-corrected chi connectivity index (χ0v) is 12.7. The molecule has 0 heterocycles. The molecule has 1 aromatic carbocycles. The summed E-state index contributed by atoms with van der Waals surface area (Å²) in [6.07, 6.45) is 5.29. The highest BCUT2D eigenvalue weighted by Crippen LogP contribution is 2.23. The maximum absolute atomic E-state index is 13.3. The molecule has 0 unspecified atom stereocenters. The van der Waals surface area contributed by atoms with E-state index < -0.39 is 0 Å². The van der Waals surface area contributed by atoms with E-state index in [1.54, 1.807) is 12.1 Å². The van der Waals surface area contributed by atoms with Crippen molar-refractivity contribution in [1.82, 2.24) is 5.32 Å². The molecule has 0 radical (unpaired) electrons. The van der Waals surface area contributed by atoms with Gasteiger partial charge in [-0.05, 0) is 56.7 Å². The van der Waals surface area contributed by atoms with E-state index in [0.717, 1.165) is 31.2 Å². The fraction of sp³-hybridized carbons (Fsp3) is 0.647. The lowest BCUT2D eigenvalue weighted by Crippen LogP contribution is -2.39. The van der Waals surface area contributed by atoms with Gasteiger partial charge in [0.05, 0.1) is 0 Å². The van der Waals surface area contributed by atoms with Crippen molar-refractivity contribution in [3.63, 3.8) is 0 Å². The molecule has 20 heavy (non-hydrogen) atoms. The first-order chi connectivity index (χ1) is 9.69. The fourth-order valence-electron chi connectivity index (χ4n) is 3.01. The third kappa shape index (κ3) is 4.48. The van der Waals surface area contributed by atoms with E-state index in [4.69, 9.17) is 0 Å². The first kappa shape index (κ1) is 15.3. The van der Waals surface area contributed by atoms with Gasteiger partial charge in [-0.1, -0.05) is 13.0 Å². The van der Waals surface area contributed by atoms with Gasteiger partial charge in [-0.25, -0.2) is 4.39 Å². The molecule has 3 heteroatoms. The van der Waals surface area contributed by atoms with Crippen LogP contribution in [0.25, 0.3) is 0 Å². The third-order valence-corrected chi connectivity index (χ3v) is 4.39. The Morgan fingerprint density at radius 2 is 2.00 bits per heavy atom. The molecule has 0 bridgehead atoms. The normalized spacial score (nSPS) is 22.8. The van der Waals surface area contributed by atoms with E-state index in [1.165, 1.54) is 31.7 Å². The molecule has 0 saturated heterocycles. The Kier molecular flexibility index (Phi) is 5.84. The smallest absolute Gasteiger partial charge is 0.125 e. The number of benzene rings is 1. The Morgan fingerprint density at radius 3 is 2.65 bits per heavy atom. The molecule has 1 fully saturated rings. The second-order valence-electron chi connectivity index (χ2n) is 5.97. The van der Waals surface area contributed by atoms with Crippen LogP contribution in [0.1, 0.15) is 39.5 Å². The largest absolute Gasteiger partial charge is 0.370 e. The van der Waals surface area contributed by atoms with Gasteiger partial charge in [0.25, 0.3) is 0 Å². The maximum atomic E-state index is 13.3. The third-order valence-electron chi connectivity index (χ3n) is 4.39. The summed E-state index contributed by atoms with van der Waals surface area (Å²) in [5.41, 5.74) is 0.978. The van der Waals surface area contributed by atoms with E-state index in [0.29, 0.717) is 6.04 Å². The van der Waals surface area contributed by atoms with Gasteiger partial charge in [0.2, 0.25) is 0 Å². The minimum atomic E-state index is -0.157. The molecule has 112 valence electrons. The van der Waals surface area contributed by atoms with Crippen LogP contribution in [0.15, 0.2) is 24.3 Å². The van der Waals surface area contributed by atoms with Crippen LogP contribution in [-0.4, -0.2) is 25.7 Å². The van der Waals surface area contributed by atoms with Crippen molar-refractivity contribution in [2.75, 3.05) is 24.5 Å². The topological polar surface area (TPSA) is 15.3 Å². The number of nitrogens with one attached hydrogen (secondary N) is 1. The standard InChI is InChI=1S/C17H27FN2/c1-3-20(17-6-4-5-15(18)13-17)12-11-19-16-9-7-14(2)8-10-16/h4-6,13-14,16,19H,3,7-12H2,1-2H3. The van der Waals surface area contributed by atoms with Crippen LogP contribution in [0.3, 0.4) is 0 Å². The van der Waals surface area contributed by atoms with Gasteiger partial charge in [0.15, 0.2) is 0 Å².